The molecule has 6 aromatic rings. The Bertz CT molecular complexity index is 2120. The zero-order valence-corrected chi connectivity index (χ0v) is 28.7. The van der Waals surface area contributed by atoms with Crippen molar-refractivity contribution in [1.29, 1.82) is 0 Å². The van der Waals surface area contributed by atoms with Crippen molar-refractivity contribution in [3.8, 4) is 11.5 Å². The number of hydrogen-bond acceptors (Lipinski definition) is 8. The van der Waals surface area contributed by atoms with Crippen molar-refractivity contribution in [1.82, 2.24) is 10.3 Å². The Hall–Kier alpha value is -5.91. The highest BCUT2D eigenvalue weighted by Crippen LogP contribution is 2.37. The van der Waals surface area contributed by atoms with Crippen molar-refractivity contribution < 1.29 is 23.9 Å². The van der Waals surface area contributed by atoms with E-state index >= 15 is 0 Å². The third-order valence-electron chi connectivity index (χ3n) is 7.50. The summed E-state index contributed by atoms with van der Waals surface area (Å²) in [7, 11) is 3.06. The number of nitrogens with one attached hydrogen (secondary N) is 3. The summed E-state index contributed by atoms with van der Waals surface area (Å²) >= 11 is 2.81. The first-order chi connectivity index (χ1) is 24.4. The Morgan fingerprint density at radius 3 is 2.18 bits per heavy atom. The van der Waals surface area contributed by atoms with E-state index in [4.69, 9.17) is 9.47 Å². The predicted molar refractivity (Wildman–Crippen MR) is 200 cm³/mol. The zero-order chi connectivity index (χ0) is 34.9. The van der Waals surface area contributed by atoms with Crippen LogP contribution >= 0.6 is 23.1 Å². The number of fused-ring (bicyclic) bond motifs is 1. The maximum Gasteiger partial charge on any atom is 0.272 e. The number of ether oxygens (including phenoxy) is 2. The van der Waals surface area contributed by atoms with E-state index in [0.29, 0.717) is 33.4 Å². The summed E-state index contributed by atoms with van der Waals surface area (Å²) in [6, 6.07) is 38.2. The minimum absolute atomic E-state index is 0.0106. The summed E-state index contributed by atoms with van der Waals surface area (Å²) in [4.78, 5) is 45.8. The van der Waals surface area contributed by atoms with Crippen LogP contribution in [0.15, 0.2) is 138 Å². The van der Waals surface area contributed by atoms with Crippen LogP contribution in [-0.2, 0) is 9.59 Å². The smallest absolute Gasteiger partial charge is 0.272 e. The van der Waals surface area contributed by atoms with E-state index < -0.39 is 17.1 Å². The van der Waals surface area contributed by atoms with Crippen LogP contribution in [0.5, 0.6) is 11.5 Å². The second-order valence-corrected chi connectivity index (χ2v) is 13.1. The topological polar surface area (TPSA) is 119 Å². The number of nitrogens with zero attached hydrogens (tertiary/aromatic N) is 1. The Morgan fingerprint density at radius 1 is 0.780 bits per heavy atom. The number of hydrogen-bond donors (Lipinski definition) is 3. The lowest BCUT2D eigenvalue weighted by molar-refractivity contribution is -0.116. The van der Waals surface area contributed by atoms with Crippen LogP contribution in [0.3, 0.4) is 0 Å². The fraction of sp³-hybridized carbons (Fsp3) is 0.0769. The average molecular weight is 701 g/mol. The largest absolute Gasteiger partial charge is 0.497 e. The molecule has 11 heteroatoms. The molecule has 1 heterocycles. The van der Waals surface area contributed by atoms with Crippen LogP contribution in [-0.4, -0.2) is 36.9 Å². The van der Waals surface area contributed by atoms with Gasteiger partial charge in [0.15, 0.2) is 5.13 Å². The predicted octanol–water partition coefficient (Wildman–Crippen LogP) is 8.20. The molecule has 0 aliphatic carbocycles. The third kappa shape index (κ3) is 8.38. The number of aromatic nitrogens is 1. The van der Waals surface area contributed by atoms with Gasteiger partial charge in [0.25, 0.3) is 11.8 Å². The Balaban J connectivity index is 1.21. The molecule has 9 nitrogen and oxygen atoms in total. The molecule has 6 rings (SSSR count). The highest BCUT2D eigenvalue weighted by Gasteiger charge is 2.24. The third-order valence-corrected chi connectivity index (χ3v) is 9.72. The van der Waals surface area contributed by atoms with Crippen LogP contribution in [0.25, 0.3) is 16.3 Å². The molecule has 0 saturated carbocycles. The molecule has 0 radical (unpaired) electrons. The van der Waals surface area contributed by atoms with Gasteiger partial charge in [-0.15, -0.1) is 11.8 Å². The molecular formula is C39H32N4O5S2. The quantitative estimate of drug-likeness (QED) is 0.0870. The number of carbonyl (C=O) groups is 3. The molecule has 5 aromatic carbocycles. The molecule has 0 bridgehead atoms. The van der Waals surface area contributed by atoms with Gasteiger partial charge < -0.3 is 25.4 Å². The van der Waals surface area contributed by atoms with Crippen LogP contribution < -0.4 is 25.4 Å². The molecule has 3 amide bonds. The monoisotopic (exact) mass is 700 g/mol. The highest BCUT2D eigenvalue weighted by molar-refractivity contribution is 8.00. The number of carbonyl (C=O) groups excluding carboxylic acids is 3. The summed E-state index contributed by atoms with van der Waals surface area (Å²) in [5.41, 5.74) is 3.14. The van der Waals surface area contributed by atoms with Gasteiger partial charge in [-0.25, -0.2) is 4.98 Å². The van der Waals surface area contributed by atoms with Crippen molar-refractivity contribution in [2.45, 2.75) is 10.1 Å². The molecule has 3 N–H and O–H groups in total. The fourth-order valence-electron chi connectivity index (χ4n) is 4.98. The van der Waals surface area contributed by atoms with E-state index in [-0.39, 0.29) is 11.6 Å². The first-order valence-electron chi connectivity index (χ1n) is 15.5. The van der Waals surface area contributed by atoms with Gasteiger partial charge in [0.05, 0.1) is 24.4 Å². The first kappa shape index (κ1) is 34.0. The minimum Gasteiger partial charge on any atom is -0.497 e. The van der Waals surface area contributed by atoms with E-state index in [1.807, 2.05) is 72.8 Å². The summed E-state index contributed by atoms with van der Waals surface area (Å²) in [5.74, 6) is -0.132. The molecule has 0 aliphatic heterocycles. The van der Waals surface area contributed by atoms with Gasteiger partial charge in [-0.2, -0.15) is 0 Å². The van der Waals surface area contributed by atoms with Gasteiger partial charge in [0, 0.05) is 27.8 Å². The Morgan fingerprint density at radius 2 is 1.48 bits per heavy atom. The minimum atomic E-state index is -0.564. The number of thiazole rings is 1. The van der Waals surface area contributed by atoms with Crippen molar-refractivity contribution in [2.75, 3.05) is 24.9 Å². The van der Waals surface area contributed by atoms with Gasteiger partial charge in [-0.1, -0.05) is 72.0 Å². The van der Waals surface area contributed by atoms with Crippen LogP contribution in [0.4, 0.5) is 10.8 Å². The van der Waals surface area contributed by atoms with Gasteiger partial charge in [-0.3, -0.25) is 14.4 Å². The maximum absolute atomic E-state index is 13.7. The van der Waals surface area contributed by atoms with Gasteiger partial charge >= 0.3 is 0 Å². The number of methoxy groups -OCH3 is 2. The standard InChI is InChI=1S/C39H32N4O5S2/c1-47-29-20-17-27(33(24-29)48-2)23-32(41-36(44)26-13-7-4-8-14-26)37(45)40-28-18-21-30(22-19-28)49-35(25-11-5-3-6-12-25)38(46)43-39-42-31-15-9-10-16-34(31)50-39/h3-24,35H,1-2H3,(H,40,45)(H,41,44)(H,42,43,46)/b32-23-. The Labute approximate surface area is 297 Å². The molecular weight excluding hydrogens is 669 g/mol. The first-order valence-corrected chi connectivity index (χ1v) is 17.2. The van der Waals surface area contributed by atoms with E-state index in [1.165, 1.54) is 30.2 Å². The molecule has 1 unspecified atom stereocenters. The van der Waals surface area contributed by atoms with Crippen LogP contribution in [0.1, 0.15) is 26.7 Å². The molecule has 0 saturated heterocycles. The van der Waals surface area contributed by atoms with E-state index in [9.17, 15) is 14.4 Å². The number of thioether (sulfide) groups is 1. The number of benzene rings is 5. The van der Waals surface area contributed by atoms with Crippen molar-refractivity contribution in [3.05, 3.63) is 150 Å². The summed E-state index contributed by atoms with van der Waals surface area (Å²) in [6.45, 7) is 0. The van der Waals surface area contributed by atoms with Crippen molar-refractivity contribution >= 4 is 67.9 Å². The average Bonchev–Trinajstić information content (AvgIpc) is 3.57. The van der Waals surface area contributed by atoms with E-state index in [0.717, 1.165) is 20.7 Å². The highest BCUT2D eigenvalue weighted by atomic mass is 32.2. The molecule has 50 heavy (non-hydrogen) atoms. The lowest BCUT2D eigenvalue weighted by atomic mass is 10.1. The van der Waals surface area contributed by atoms with Crippen molar-refractivity contribution in [3.63, 3.8) is 0 Å². The Kier molecular flexibility index (Phi) is 10.9. The molecule has 0 aliphatic rings. The number of amides is 3. The number of para-hydroxylation sites is 1. The molecule has 0 spiro atoms. The maximum atomic E-state index is 13.7. The summed E-state index contributed by atoms with van der Waals surface area (Å²) in [5, 5.41) is 8.59. The van der Waals surface area contributed by atoms with Gasteiger partial charge in [-0.05, 0) is 72.3 Å². The summed E-state index contributed by atoms with van der Waals surface area (Å²) < 4.78 is 11.8. The lowest BCUT2D eigenvalue weighted by Gasteiger charge is -2.17. The second kappa shape index (κ2) is 16.0. The van der Waals surface area contributed by atoms with Gasteiger partial charge in [0.1, 0.15) is 22.4 Å². The lowest BCUT2D eigenvalue weighted by Crippen LogP contribution is -2.30. The number of rotatable bonds is 12. The SMILES string of the molecule is COc1ccc(/C=C(\NC(=O)c2ccccc2)C(=O)Nc2ccc(SC(C(=O)Nc3nc4ccccc4s3)c3ccccc3)cc2)c(OC)c1. The summed E-state index contributed by atoms with van der Waals surface area (Å²) in [6.07, 6.45) is 1.55. The molecule has 250 valence electrons. The molecule has 1 atom stereocenters. The second-order valence-electron chi connectivity index (χ2n) is 10.8. The molecule has 1 aromatic heterocycles. The fourth-order valence-corrected chi connectivity index (χ4v) is 6.88. The zero-order valence-electron chi connectivity index (χ0n) is 27.1. The van der Waals surface area contributed by atoms with E-state index in [1.54, 1.807) is 67.8 Å². The normalized spacial score (nSPS) is 11.8. The van der Waals surface area contributed by atoms with Crippen LogP contribution in [0.2, 0.25) is 0 Å². The van der Waals surface area contributed by atoms with Crippen molar-refractivity contribution in [2.24, 2.45) is 0 Å². The number of anilines is 2. The van der Waals surface area contributed by atoms with Crippen LogP contribution in [0, 0.1) is 0 Å². The molecule has 0 fully saturated rings. The van der Waals surface area contributed by atoms with Gasteiger partial charge in [0.2, 0.25) is 5.91 Å². The van der Waals surface area contributed by atoms with E-state index in [2.05, 4.69) is 20.9 Å².